The lowest BCUT2D eigenvalue weighted by molar-refractivity contribution is -0.238. The number of hydroxylamine groups is 2. The van der Waals surface area contributed by atoms with E-state index in [0.717, 1.165) is 16.2 Å². The molecule has 0 saturated carbocycles. The molecule has 0 atom stereocenters. The van der Waals surface area contributed by atoms with Crippen LogP contribution in [0, 0.1) is 0 Å². The van der Waals surface area contributed by atoms with Gasteiger partial charge in [-0.05, 0) is 45.4 Å². The normalized spacial score (nSPS) is 19.6. The fourth-order valence-electron chi connectivity index (χ4n) is 3.15. The van der Waals surface area contributed by atoms with Gasteiger partial charge in [-0.3, -0.25) is 4.79 Å². The molecule has 0 fully saturated rings. The van der Waals surface area contributed by atoms with Gasteiger partial charge in [-0.2, -0.15) is 0 Å². The number of primary amides is 1. The number of hydrogen-bond donors (Lipinski definition) is 2. The predicted octanol–water partition coefficient (Wildman–Crippen LogP) is 2.90. The van der Waals surface area contributed by atoms with Crippen molar-refractivity contribution in [3.63, 3.8) is 0 Å². The van der Waals surface area contributed by atoms with Crippen molar-refractivity contribution in [3.8, 4) is 0 Å². The Bertz CT molecular complexity index is 838. The minimum Gasteiger partial charge on any atom is -0.366 e. The quantitative estimate of drug-likeness (QED) is 0.658. The van der Waals surface area contributed by atoms with E-state index in [1.54, 1.807) is 12.1 Å². The number of thioether (sulfide) groups is 1. The van der Waals surface area contributed by atoms with Gasteiger partial charge in [0.15, 0.2) is 5.16 Å². The summed E-state index contributed by atoms with van der Waals surface area (Å²) in [5, 5.41) is 14.3. The molecule has 7 heteroatoms. The molecule has 3 rings (SSSR count). The second-order valence-electron chi connectivity index (χ2n) is 7.07. The first-order valence-electron chi connectivity index (χ1n) is 7.74. The van der Waals surface area contributed by atoms with Gasteiger partial charge < -0.3 is 10.7 Å². The molecule has 0 saturated heterocycles. The van der Waals surface area contributed by atoms with Crippen molar-refractivity contribution >= 4 is 28.7 Å². The van der Waals surface area contributed by atoms with Crippen molar-refractivity contribution in [1.82, 2.24) is 15.0 Å². The number of fused-ring (bicyclic) bond motifs is 1. The van der Waals surface area contributed by atoms with Crippen LogP contribution >= 0.6 is 11.8 Å². The highest BCUT2D eigenvalue weighted by molar-refractivity contribution is 7.99. The van der Waals surface area contributed by atoms with Crippen LogP contribution in [0.4, 0.5) is 0 Å². The number of amides is 1. The van der Waals surface area contributed by atoms with E-state index < -0.39 is 17.0 Å². The molecule has 0 unspecified atom stereocenters. The molecular weight excluding hydrogens is 324 g/mol. The number of nitrogens with one attached hydrogen (secondary N) is 1. The van der Waals surface area contributed by atoms with Gasteiger partial charge in [0.25, 0.3) is 5.91 Å². The van der Waals surface area contributed by atoms with Gasteiger partial charge in [0.05, 0.1) is 22.2 Å². The Hall–Kier alpha value is -1.83. The molecule has 6 nitrogen and oxygen atoms in total. The number of nitrogens with zero attached hydrogens (tertiary/aromatic N) is 2. The summed E-state index contributed by atoms with van der Waals surface area (Å²) in [6.07, 6.45) is 2.03. The zero-order chi connectivity index (χ0) is 17.7. The maximum atomic E-state index is 12.4. The van der Waals surface area contributed by atoms with E-state index in [9.17, 15) is 10.0 Å². The third kappa shape index (κ3) is 2.72. The van der Waals surface area contributed by atoms with Crippen LogP contribution < -0.4 is 5.73 Å². The van der Waals surface area contributed by atoms with Crippen LogP contribution in [0.3, 0.4) is 0 Å². The molecule has 1 radical (unpaired) electrons. The van der Waals surface area contributed by atoms with Crippen molar-refractivity contribution in [2.24, 2.45) is 5.73 Å². The van der Waals surface area contributed by atoms with E-state index in [-0.39, 0.29) is 0 Å². The van der Waals surface area contributed by atoms with Gasteiger partial charge in [0.2, 0.25) is 0 Å². The summed E-state index contributed by atoms with van der Waals surface area (Å²) in [5.74, 6) is 0.160. The van der Waals surface area contributed by atoms with Crippen molar-refractivity contribution in [1.29, 1.82) is 0 Å². The van der Waals surface area contributed by atoms with Crippen LogP contribution in [-0.4, -0.2) is 37.8 Å². The fraction of sp³-hybridized carbons (Fsp3) is 0.412. The number of aromatic nitrogens is 2. The molecule has 24 heavy (non-hydrogen) atoms. The summed E-state index contributed by atoms with van der Waals surface area (Å²) in [6, 6.07) is 5.30. The van der Waals surface area contributed by atoms with Gasteiger partial charge in [-0.15, -0.1) is 10.3 Å². The molecule has 0 aliphatic carbocycles. The van der Waals surface area contributed by atoms with Crippen LogP contribution in [0.25, 0.3) is 11.0 Å². The van der Waals surface area contributed by atoms with E-state index in [4.69, 9.17) is 5.73 Å². The van der Waals surface area contributed by atoms with Crippen LogP contribution in [0.1, 0.15) is 38.1 Å². The highest BCUT2D eigenvalue weighted by atomic mass is 32.2. The van der Waals surface area contributed by atoms with Crippen molar-refractivity contribution in [2.75, 3.05) is 5.75 Å². The molecule has 127 valence electrons. The molecule has 0 bridgehead atoms. The van der Waals surface area contributed by atoms with Crippen molar-refractivity contribution < 1.29 is 10.0 Å². The van der Waals surface area contributed by atoms with E-state index >= 15 is 0 Å². The maximum absolute atomic E-state index is 12.4. The van der Waals surface area contributed by atoms with Crippen molar-refractivity contribution in [2.45, 2.75) is 43.9 Å². The summed E-state index contributed by atoms with van der Waals surface area (Å²) < 4.78 is 0. The number of carbonyl (C=O) groups is 1. The van der Waals surface area contributed by atoms with Gasteiger partial charge in [0, 0.05) is 5.75 Å². The van der Waals surface area contributed by atoms with Crippen LogP contribution in [0.2, 0.25) is 0 Å². The lowest BCUT2D eigenvalue weighted by atomic mass is 9.98. The Morgan fingerprint density at radius 1 is 1.33 bits per heavy atom. The standard InChI is InChI=1S/C17H21N4O2S/c1-16(2)8-10(17(3,4)21(16)23)9-24-15-19-12-7-5-6-11(14(18)22)13(12)20-15/h5-8H,9H2,1-4H3,(H2,18,22)(H,19,20). The molecule has 2 aromatic rings. The lowest BCUT2D eigenvalue weighted by Gasteiger charge is -2.33. The fourth-order valence-corrected chi connectivity index (χ4v) is 4.22. The smallest absolute Gasteiger partial charge is 0.250 e. The van der Waals surface area contributed by atoms with Crippen molar-refractivity contribution in [3.05, 3.63) is 35.4 Å². The minimum atomic E-state index is -0.541. The number of para-hydroxylation sites is 1. The van der Waals surface area contributed by atoms with Crippen LogP contribution in [0.15, 0.2) is 35.0 Å². The lowest BCUT2D eigenvalue weighted by Crippen LogP contribution is -2.47. The molecule has 2 heterocycles. The molecular formula is C17H21N4O2S. The molecule has 1 aromatic carbocycles. The highest BCUT2D eigenvalue weighted by Gasteiger charge is 2.46. The summed E-state index contributed by atoms with van der Waals surface area (Å²) in [4.78, 5) is 19.2. The van der Waals surface area contributed by atoms with Gasteiger partial charge in [0.1, 0.15) is 5.52 Å². The molecule has 1 aliphatic rings. The maximum Gasteiger partial charge on any atom is 0.250 e. The Balaban J connectivity index is 1.84. The number of hydrogen-bond acceptors (Lipinski definition) is 4. The molecule has 0 spiro atoms. The highest BCUT2D eigenvalue weighted by Crippen LogP contribution is 2.40. The Morgan fingerprint density at radius 3 is 2.62 bits per heavy atom. The molecule has 1 aliphatic heterocycles. The van der Waals surface area contributed by atoms with Gasteiger partial charge in [-0.1, -0.05) is 23.9 Å². The monoisotopic (exact) mass is 345 g/mol. The largest absolute Gasteiger partial charge is 0.366 e. The third-order valence-electron chi connectivity index (χ3n) is 4.47. The number of carbonyl (C=O) groups excluding carboxylic acids is 1. The number of aromatic amines is 1. The third-order valence-corrected chi connectivity index (χ3v) is 5.39. The van der Waals surface area contributed by atoms with E-state index in [2.05, 4.69) is 9.97 Å². The number of nitrogens with two attached hydrogens (primary N) is 1. The first-order chi connectivity index (χ1) is 11.1. The van der Waals surface area contributed by atoms with Crippen LogP contribution in [-0.2, 0) is 5.21 Å². The minimum absolute atomic E-state index is 0.405. The van der Waals surface area contributed by atoms with E-state index in [1.165, 1.54) is 11.8 Å². The summed E-state index contributed by atoms with van der Waals surface area (Å²) in [5.41, 5.74) is 7.18. The zero-order valence-corrected chi connectivity index (χ0v) is 15.0. The van der Waals surface area contributed by atoms with Gasteiger partial charge >= 0.3 is 0 Å². The van der Waals surface area contributed by atoms with Crippen LogP contribution in [0.5, 0.6) is 0 Å². The SMILES string of the molecule is CC1(C)C=C(CSc2nc3c(C(N)=O)cccc3[nH]2)C(C)(C)N1[O]. The Labute approximate surface area is 145 Å². The summed E-state index contributed by atoms with van der Waals surface area (Å²) in [7, 11) is 0. The first kappa shape index (κ1) is 17.0. The van der Waals surface area contributed by atoms with Gasteiger partial charge in [-0.25, -0.2) is 4.98 Å². The second-order valence-corrected chi connectivity index (χ2v) is 8.04. The average Bonchev–Trinajstić information content (AvgIpc) is 2.98. The van der Waals surface area contributed by atoms with E-state index in [0.29, 0.717) is 22.0 Å². The second kappa shape index (κ2) is 5.61. The molecule has 1 aromatic heterocycles. The van der Waals surface area contributed by atoms with E-state index in [1.807, 2.05) is 39.8 Å². The number of benzene rings is 1. The zero-order valence-electron chi connectivity index (χ0n) is 14.2. The Kier molecular flexibility index (Phi) is 3.98. The predicted molar refractivity (Wildman–Crippen MR) is 94.1 cm³/mol. The molecule has 1 amide bonds. The molecule has 3 N–H and O–H groups in total. The summed E-state index contributed by atoms with van der Waals surface area (Å²) >= 11 is 1.52. The summed E-state index contributed by atoms with van der Waals surface area (Å²) in [6.45, 7) is 7.70. The number of imidazole rings is 1. The number of rotatable bonds is 4. The number of H-pyrrole nitrogens is 1. The average molecular weight is 345 g/mol. The first-order valence-corrected chi connectivity index (χ1v) is 8.72. The Morgan fingerprint density at radius 2 is 2.04 bits per heavy atom. The topological polar surface area (TPSA) is 94.9 Å².